The summed E-state index contributed by atoms with van der Waals surface area (Å²) in [7, 11) is 0. The average Bonchev–Trinajstić information content (AvgIpc) is 2.44. The van der Waals surface area contributed by atoms with Crippen LogP contribution in [0.1, 0.15) is 20.8 Å². The standard InChI is InChI=1S/C10H18N4O/c1-6-4-5-7(2)14(6)8(3)9(15)13-10(11)12/h4-8H,1-3H3,(H4,11,12,13,15). The summed E-state index contributed by atoms with van der Waals surface area (Å²) in [6.07, 6.45) is 4.15. The predicted molar refractivity (Wildman–Crippen MR) is 60.2 cm³/mol. The second-order valence-corrected chi connectivity index (χ2v) is 3.86. The van der Waals surface area contributed by atoms with E-state index >= 15 is 0 Å². The number of hydrogen-bond donors (Lipinski definition) is 2. The minimum Gasteiger partial charge on any atom is -0.370 e. The summed E-state index contributed by atoms with van der Waals surface area (Å²) in [4.78, 5) is 17.2. The lowest BCUT2D eigenvalue weighted by Crippen LogP contribution is -2.45. The van der Waals surface area contributed by atoms with Gasteiger partial charge in [0, 0.05) is 12.1 Å². The van der Waals surface area contributed by atoms with Gasteiger partial charge in [-0.3, -0.25) is 9.69 Å². The van der Waals surface area contributed by atoms with Crippen LogP contribution in [0.5, 0.6) is 0 Å². The van der Waals surface area contributed by atoms with Crippen LogP contribution < -0.4 is 11.5 Å². The van der Waals surface area contributed by atoms with E-state index in [4.69, 9.17) is 11.5 Å². The molecular formula is C10H18N4O. The first-order chi connectivity index (χ1) is 6.93. The third-order valence-corrected chi connectivity index (χ3v) is 2.65. The van der Waals surface area contributed by atoms with E-state index in [1.807, 2.05) is 20.8 Å². The average molecular weight is 210 g/mol. The molecule has 3 atom stereocenters. The fourth-order valence-electron chi connectivity index (χ4n) is 1.94. The molecule has 0 bridgehead atoms. The van der Waals surface area contributed by atoms with Crippen LogP contribution in [0.3, 0.4) is 0 Å². The molecular weight excluding hydrogens is 192 g/mol. The number of guanidine groups is 1. The molecule has 5 nitrogen and oxygen atoms in total. The van der Waals surface area contributed by atoms with Gasteiger partial charge in [0.15, 0.2) is 5.96 Å². The van der Waals surface area contributed by atoms with Crippen LogP contribution in [0.4, 0.5) is 0 Å². The van der Waals surface area contributed by atoms with Gasteiger partial charge in [-0.15, -0.1) is 0 Å². The lowest BCUT2D eigenvalue weighted by atomic mass is 10.2. The van der Waals surface area contributed by atoms with Crippen LogP contribution in [0.25, 0.3) is 0 Å². The van der Waals surface area contributed by atoms with Crippen molar-refractivity contribution in [3.63, 3.8) is 0 Å². The van der Waals surface area contributed by atoms with Crippen molar-refractivity contribution < 1.29 is 4.79 Å². The quantitative estimate of drug-likeness (QED) is 0.376. The van der Waals surface area contributed by atoms with Crippen molar-refractivity contribution in [1.82, 2.24) is 4.90 Å². The number of amides is 1. The Balaban J connectivity index is 2.73. The van der Waals surface area contributed by atoms with Gasteiger partial charge >= 0.3 is 0 Å². The summed E-state index contributed by atoms with van der Waals surface area (Å²) in [5.74, 6) is -0.475. The lowest BCUT2D eigenvalue weighted by Gasteiger charge is -2.30. The summed E-state index contributed by atoms with van der Waals surface area (Å²) < 4.78 is 0. The van der Waals surface area contributed by atoms with Gasteiger partial charge in [-0.2, -0.15) is 4.99 Å². The number of nitrogens with zero attached hydrogens (tertiary/aromatic N) is 2. The van der Waals surface area contributed by atoms with Gasteiger partial charge in [0.2, 0.25) is 0 Å². The van der Waals surface area contributed by atoms with Gasteiger partial charge in [-0.25, -0.2) is 0 Å². The van der Waals surface area contributed by atoms with Crippen molar-refractivity contribution in [1.29, 1.82) is 0 Å². The molecule has 0 spiro atoms. The van der Waals surface area contributed by atoms with Crippen LogP contribution in [-0.2, 0) is 4.79 Å². The number of carbonyl (C=O) groups excluding carboxylic acids is 1. The van der Waals surface area contributed by atoms with E-state index in [1.54, 1.807) is 0 Å². The van der Waals surface area contributed by atoms with E-state index in [-0.39, 0.29) is 30.0 Å². The van der Waals surface area contributed by atoms with E-state index in [0.29, 0.717) is 0 Å². The highest BCUT2D eigenvalue weighted by molar-refractivity contribution is 5.94. The summed E-state index contributed by atoms with van der Waals surface area (Å²) in [5.41, 5.74) is 10.3. The Kier molecular flexibility index (Phi) is 3.47. The van der Waals surface area contributed by atoms with Gasteiger partial charge in [-0.1, -0.05) is 12.2 Å². The van der Waals surface area contributed by atoms with Crippen LogP contribution >= 0.6 is 0 Å². The normalized spacial score (nSPS) is 27.7. The Morgan fingerprint density at radius 3 is 2.20 bits per heavy atom. The molecule has 15 heavy (non-hydrogen) atoms. The Hall–Kier alpha value is -1.36. The second-order valence-electron chi connectivity index (χ2n) is 3.86. The van der Waals surface area contributed by atoms with E-state index in [0.717, 1.165) is 0 Å². The molecule has 1 aliphatic heterocycles. The van der Waals surface area contributed by atoms with Crippen LogP contribution in [0, 0.1) is 0 Å². The number of rotatable bonds is 2. The van der Waals surface area contributed by atoms with Crippen molar-refractivity contribution in [2.24, 2.45) is 16.5 Å². The maximum absolute atomic E-state index is 11.6. The van der Waals surface area contributed by atoms with Crippen molar-refractivity contribution in [3.05, 3.63) is 12.2 Å². The van der Waals surface area contributed by atoms with Crippen molar-refractivity contribution in [3.8, 4) is 0 Å². The first-order valence-electron chi connectivity index (χ1n) is 5.02. The van der Waals surface area contributed by atoms with Gasteiger partial charge in [-0.05, 0) is 20.8 Å². The minimum absolute atomic E-state index is 0.181. The molecule has 0 fully saturated rings. The zero-order chi connectivity index (χ0) is 11.6. The molecule has 0 aromatic carbocycles. The third kappa shape index (κ3) is 2.56. The van der Waals surface area contributed by atoms with Crippen LogP contribution in [0.15, 0.2) is 17.1 Å². The molecule has 1 heterocycles. The Labute approximate surface area is 89.8 Å². The summed E-state index contributed by atoms with van der Waals surface area (Å²) in [5, 5.41) is 0. The molecule has 0 aromatic rings. The number of hydrogen-bond acceptors (Lipinski definition) is 2. The maximum Gasteiger partial charge on any atom is 0.265 e. The largest absolute Gasteiger partial charge is 0.370 e. The molecule has 4 N–H and O–H groups in total. The molecule has 1 rings (SSSR count). The lowest BCUT2D eigenvalue weighted by molar-refractivity contribution is -0.123. The fourth-order valence-corrected chi connectivity index (χ4v) is 1.94. The molecule has 0 saturated carbocycles. The van der Waals surface area contributed by atoms with Gasteiger partial charge in [0.05, 0.1) is 6.04 Å². The Morgan fingerprint density at radius 1 is 1.33 bits per heavy atom. The number of aliphatic imine (C=N–C) groups is 1. The zero-order valence-corrected chi connectivity index (χ0v) is 9.34. The summed E-state index contributed by atoms with van der Waals surface area (Å²) >= 11 is 0. The predicted octanol–water partition coefficient (Wildman–Crippen LogP) is -0.176. The third-order valence-electron chi connectivity index (χ3n) is 2.65. The second kappa shape index (κ2) is 4.44. The highest BCUT2D eigenvalue weighted by atomic mass is 16.1. The zero-order valence-electron chi connectivity index (χ0n) is 9.34. The fraction of sp³-hybridized carbons (Fsp3) is 0.600. The van der Waals surface area contributed by atoms with Crippen molar-refractivity contribution in [2.75, 3.05) is 0 Å². The summed E-state index contributed by atoms with van der Waals surface area (Å²) in [6, 6.07) is 0.188. The highest BCUT2D eigenvalue weighted by Gasteiger charge is 2.30. The molecule has 0 aromatic heterocycles. The SMILES string of the molecule is CC1C=CC(C)N1C(C)C(=O)N=C(N)N. The topological polar surface area (TPSA) is 84.7 Å². The molecule has 0 radical (unpaired) electrons. The molecule has 84 valence electrons. The Morgan fingerprint density at radius 2 is 1.80 bits per heavy atom. The van der Waals surface area contributed by atoms with E-state index < -0.39 is 0 Å². The van der Waals surface area contributed by atoms with Gasteiger partial charge in [0.1, 0.15) is 0 Å². The van der Waals surface area contributed by atoms with E-state index in [2.05, 4.69) is 22.0 Å². The van der Waals surface area contributed by atoms with Crippen molar-refractivity contribution in [2.45, 2.75) is 38.9 Å². The van der Waals surface area contributed by atoms with Gasteiger partial charge in [0.25, 0.3) is 5.91 Å². The monoisotopic (exact) mass is 210 g/mol. The van der Waals surface area contributed by atoms with Crippen LogP contribution in [-0.4, -0.2) is 34.9 Å². The Bertz CT molecular complexity index is 295. The first-order valence-corrected chi connectivity index (χ1v) is 5.02. The smallest absolute Gasteiger partial charge is 0.265 e. The highest BCUT2D eigenvalue weighted by Crippen LogP contribution is 2.19. The molecule has 1 amide bonds. The van der Waals surface area contributed by atoms with E-state index in [9.17, 15) is 4.79 Å². The molecule has 3 unspecified atom stereocenters. The molecule has 5 heteroatoms. The molecule has 1 aliphatic rings. The minimum atomic E-state index is -0.299. The van der Waals surface area contributed by atoms with E-state index in [1.165, 1.54) is 0 Å². The number of nitrogens with two attached hydrogens (primary N) is 2. The first kappa shape index (κ1) is 11.7. The van der Waals surface area contributed by atoms with Crippen LogP contribution in [0.2, 0.25) is 0 Å². The maximum atomic E-state index is 11.6. The van der Waals surface area contributed by atoms with Gasteiger partial charge < -0.3 is 11.5 Å². The molecule has 0 saturated heterocycles. The van der Waals surface area contributed by atoms with Crippen molar-refractivity contribution >= 4 is 11.9 Å². The number of carbonyl (C=O) groups is 1. The summed E-state index contributed by atoms with van der Waals surface area (Å²) in [6.45, 7) is 5.90. The molecule has 0 aliphatic carbocycles.